The van der Waals surface area contributed by atoms with E-state index in [1.54, 1.807) is 6.92 Å². The molecule has 1 N–H and O–H groups in total. The Labute approximate surface area is 114 Å². The molecule has 1 aromatic heterocycles. The molecule has 1 saturated heterocycles. The molecule has 19 heavy (non-hydrogen) atoms. The van der Waals surface area contributed by atoms with Crippen LogP contribution in [0.15, 0.2) is 6.07 Å². The predicted octanol–water partition coefficient (Wildman–Crippen LogP) is 1.45. The van der Waals surface area contributed by atoms with Crippen LogP contribution >= 0.6 is 0 Å². The van der Waals surface area contributed by atoms with Gasteiger partial charge in [-0.1, -0.05) is 0 Å². The molecule has 0 saturated carbocycles. The van der Waals surface area contributed by atoms with Gasteiger partial charge in [-0.05, 0) is 32.6 Å². The second-order valence-corrected chi connectivity index (χ2v) is 5.28. The quantitative estimate of drug-likeness (QED) is 0.895. The molecule has 5 heteroatoms. The summed E-state index contributed by atoms with van der Waals surface area (Å²) in [5.74, 6) is 2.51. The van der Waals surface area contributed by atoms with Crippen molar-refractivity contribution in [2.75, 3.05) is 24.5 Å². The van der Waals surface area contributed by atoms with Crippen molar-refractivity contribution in [3.05, 3.63) is 17.6 Å². The number of amides is 1. The van der Waals surface area contributed by atoms with E-state index in [1.165, 1.54) is 0 Å². The molecule has 1 amide bonds. The Morgan fingerprint density at radius 2 is 2.05 bits per heavy atom. The summed E-state index contributed by atoms with van der Waals surface area (Å²) in [5.41, 5.74) is 1.02. The number of aromatic nitrogens is 2. The Bertz CT molecular complexity index is 433. The van der Waals surface area contributed by atoms with Crippen LogP contribution in [0.5, 0.6) is 0 Å². The number of anilines is 1. The minimum atomic E-state index is 0.0597. The zero-order chi connectivity index (χ0) is 13.8. The van der Waals surface area contributed by atoms with Gasteiger partial charge in [-0.25, -0.2) is 9.97 Å². The lowest BCUT2D eigenvalue weighted by Crippen LogP contribution is -2.38. The summed E-state index contributed by atoms with van der Waals surface area (Å²) in [5, 5.41) is 2.90. The second kappa shape index (κ2) is 5.99. The van der Waals surface area contributed by atoms with Crippen LogP contribution in [0.2, 0.25) is 0 Å². The van der Waals surface area contributed by atoms with Gasteiger partial charge < -0.3 is 10.2 Å². The molecule has 0 atom stereocenters. The van der Waals surface area contributed by atoms with Gasteiger partial charge in [0, 0.05) is 38.3 Å². The van der Waals surface area contributed by atoms with E-state index < -0.39 is 0 Å². The maximum Gasteiger partial charge on any atom is 0.216 e. The lowest BCUT2D eigenvalue weighted by atomic mass is 9.97. The molecule has 1 aliphatic rings. The maximum atomic E-state index is 10.9. The fourth-order valence-electron chi connectivity index (χ4n) is 2.51. The number of hydrogen-bond acceptors (Lipinski definition) is 4. The van der Waals surface area contributed by atoms with Crippen molar-refractivity contribution in [2.45, 2.75) is 33.6 Å². The smallest absolute Gasteiger partial charge is 0.216 e. The normalized spacial score (nSPS) is 16.5. The van der Waals surface area contributed by atoms with E-state index in [2.05, 4.69) is 20.2 Å². The van der Waals surface area contributed by atoms with Crippen molar-refractivity contribution in [2.24, 2.45) is 5.92 Å². The van der Waals surface area contributed by atoms with Gasteiger partial charge in [0.1, 0.15) is 11.6 Å². The summed E-state index contributed by atoms with van der Waals surface area (Å²) in [6.45, 7) is 8.30. The average Bonchev–Trinajstić information content (AvgIpc) is 2.36. The van der Waals surface area contributed by atoms with E-state index in [-0.39, 0.29) is 5.91 Å². The highest BCUT2D eigenvalue weighted by Gasteiger charge is 2.20. The third kappa shape index (κ3) is 3.91. The van der Waals surface area contributed by atoms with Gasteiger partial charge in [0.25, 0.3) is 0 Å². The number of carbonyl (C=O) groups excluding carboxylic acids is 1. The number of carbonyl (C=O) groups is 1. The number of piperidine rings is 1. The SMILES string of the molecule is CC(=O)NCC1CCN(c2cc(C)nc(C)n2)CC1. The summed E-state index contributed by atoms with van der Waals surface area (Å²) in [6, 6.07) is 2.04. The molecular weight excluding hydrogens is 240 g/mol. The van der Waals surface area contributed by atoms with Crippen molar-refractivity contribution in [1.29, 1.82) is 0 Å². The van der Waals surface area contributed by atoms with Crippen LogP contribution in [0.25, 0.3) is 0 Å². The van der Waals surface area contributed by atoms with Crippen LogP contribution in [0, 0.1) is 19.8 Å². The Balaban J connectivity index is 1.90. The van der Waals surface area contributed by atoms with E-state index in [1.807, 2.05) is 19.9 Å². The van der Waals surface area contributed by atoms with Crippen molar-refractivity contribution < 1.29 is 4.79 Å². The van der Waals surface area contributed by atoms with Crippen LogP contribution in [0.4, 0.5) is 5.82 Å². The standard InChI is InChI=1S/C14H22N4O/c1-10-8-14(17-11(2)16-10)18-6-4-13(5-7-18)9-15-12(3)19/h8,13H,4-7,9H2,1-3H3,(H,15,19). The molecule has 5 nitrogen and oxygen atoms in total. The van der Waals surface area contributed by atoms with Crippen LogP contribution in [0.1, 0.15) is 31.3 Å². The minimum Gasteiger partial charge on any atom is -0.356 e. The van der Waals surface area contributed by atoms with E-state index in [0.717, 1.165) is 49.8 Å². The Hall–Kier alpha value is -1.65. The van der Waals surface area contributed by atoms with Crippen LogP contribution in [0.3, 0.4) is 0 Å². The number of nitrogens with zero attached hydrogens (tertiary/aromatic N) is 3. The molecule has 0 unspecified atom stereocenters. The van der Waals surface area contributed by atoms with E-state index in [9.17, 15) is 4.79 Å². The Morgan fingerprint density at radius 1 is 1.37 bits per heavy atom. The molecule has 0 aliphatic carbocycles. The highest BCUT2D eigenvalue weighted by molar-refractivity contribution is 5.72. The van der Waals surface area contributed by atoms with Gasteiger partial charge in [0.2, 0.25) is 5.91 Å². The molecule has 2 heterocycles. The maximum absolute atomic E-state index is 10.9. The van der Waals surface area contributed by atoms with E-state index >= 15 is 0 Å². The van der Waals surface area contributed by atoms with Gasteiger partial charge >= 0.3 is 0 Å². The third-order valence-corrected chi connectivity index (χ3v) is 3.53. The van der Waals surface area contributed by atoms with Crippen LogP contribution < -0.4 is 10.2 Å². The summed E-state index contributed by atoms with van der Waals surface area (Å²) in [4.78, 5) is 22.0. The number of rotatable bonds is 3. The second-order valence-electron chi connectivity index (χ2n) is 5.28. The van der Waals surface area contributed by atoms with Gasteiger partial charge in [-0.3, -0.25) is 4.79 Å². The van der Waals surface area contributed by atoms with Gasteiger partial charge in [0.05, 0.1) is 0 Å². The fourth-order valence-corrected chi connectivity index (χ4v) is 2.51. The van der Waals surface area contributed by atoms with Crippen LogP contribution in [-0.2, 0) is 4.79 Å². The largest absolute Gasteiger partial charge is 0.356 e. The zero-order valence-corrected chi connectivity index (χ0v) is 11.9. The van der Waals surface area contributed by atoms with Crippen molar-refractivity contribution in [3.8, 4) is 0 Å². The van der Waals surface area contributed by atoms with Gasteiger partial charge in [0.15, 0.2) is 0 Å². The number of nitrogens with one attached hydrogen (secondary N) is 1. The molecule has 0 aromatic carbocycles. The van der Waals surface area contributed by atoms with E-state index in [4.69, 9.17) is 0 Å². The van der Waals surface area contributed by atoms with Crippen molar-refractivity contribution in [1.82, 2.24) is 15.3 Å². The molecule has 1 aliphatic heterocycles. The molecule has 1 aromatic rings. The zero-order valence-electron chi connectivity index (χ0n) is 11.9. The van der Waals surface area contributed by atoms with E-state index in [0.29, 0.717) is 5.92 Å². The molecular formula is C14H22N4O. The van der Waals surface area contributed by atoms with Crippen LogP contribution in [-0.4, -0.2) is 35.5 Å². The molecule has 1 fully saturated rings. The topological polar surface area (TPSA) is 58.1 Å². The lowest BCUT2D eigenvalue weighted by Gasteiger charge is -2.33. The van der Waals surface area contributed by atoms with Gasteiger partial charge in [-0.2, -0.15) is 0 Å². The molecule has 2 rings (SSSR count). The summed E-state index contributed by atoms with van der Waals surface area (Å²) in [7, 11) is 0. The highest BCUT2D eigenvalue weighted by Crippen LogP contribution is 2.21. The first-order chi connectivity index (χ1) is 9.04. The molecule has 0 radical (unpaired) electrons. The fraction of sp³-hybridized carbons (Fsp3) is 0.643. The number of aryl methyl sites for hydroxylation is 2. The van der Waals surface area contributed by atoms with Crippen molar-refractivity contribution >= 4 is 11.7 Å². The minimum absolute atomic E-state index is 0.0597. The first-order valence-electron chi connectivity index (χ1n) is 6.86. The first-order valence-corrected chi connectivity index (χ1v) is 6.86. The van der Waals surface area contributed by atoms with Crippen molar-refractivity contribution in [3.63, 3.8) is 0 Å². The average molecular weight is 262 g/mol. The number of hydrogen-bond donors (Lipinski definition) is 1. The molecule has 104 valence electrons. The Morgan fingerprint density at radius 3 is 2.63 bits per heavy atom. The Kier molecular flexibility index (Phi) is 4.35. The predicted molar refractivity (Wildman–Crippen MR) is 75.1 cm³/mol. The monoisotopic (exact) mass is 262 g/mol. The summed E-state index contributed by atoms with van der Waals surface area (Å²) < 4.78 is 0. The third-order valence-electron chi connectivity index (χ3n) is 3.53. The first kappa shape index (κ1) is 13.8. The summed E-state index contributed by atoms with van der Waals surface area (Å²) in [6.07, 6.45) is 2.20. The molecule has 0 bridgehead atoms. The molecule has 0 spiro atoms. The lowest BCUT2D eigenvalue weighted by molar-refractivity contribution is -0.119. The summed E-state index contributed by atoms with van der Waals surface area (Å²) >= 11 is 0. The highest BCUT2D eigenvalue weighted by atomic mass is 16.1. The van der Waals surface area contributed by atoms with Gasteiger partial charge in [-0.15, -0.1) is 0 Å².